The first-order valence-corrected chi connectivity index (χ1v) is 12.1. The first-order chi connectivity index (χ1) is 17.5. The van der Waals surface area contributed by atoms with Gasteiger partial charge in [-0.25, -0.2) is 4.79 Å². The number of hydrogen-bond acceptors (Lipinski definition) is 7. The van der Waals surface area contributed by atoms with E-state index in [2.05, 4.69) is 31.3 Å². The van der Waals surface area contributed by atoms with Crippen LogP contribution in [0.3, 0.4) is 0 Å². The molecule has 0 spiro atoms. The Kier molecular flexibility index (Phi) is 6.61. The highest BCUT2D eigenvalue weighted by Gasteiger charge is 2.33. The molecule has 0 saturated heterocycles. The van der Waals surface area contributed by atoms with Crippen molar-refractivity contribution in [1.29, 1.82) is 0 Å². The minimum Gasteiger partial charge on any atom is -0.311 e. The van der Waals surface area contributed by atoms with Gasteiger partial charge in [-0.1, -0.05) is 48.6 Å². The van der Waals surface area contributed by atoms with Crippen LogP contribution in [-0.4, -0.2) is 58.5 Å². The Bertz CT molecular complexity index is 1270. The zero-order chi connectivity index (χ0) is 25.1. The molecule has 186 valence electrons. The summed E-state index contributed by atoms with van der Waals surface area (Å²) < 4.78 is 0. The van der Waals surface area contributed by atoms with Crippen LogP contribution in [0.2, 0.25) is 0 Å². The first kappa shape index (κ1) is 23.5. The van der Waals surface area contributed by atoms with Crippen molar-refractivity contribution in [2.75, 3.05) is 29.2 Å². The van der Waals surface area contributed by atoms with Crippen LogP contribution in [0.5, 0.6) is 0 Å². The highest BCUT2D eigenvalue weighted by Crippen LogP contribution is 2.33. The van der Waals surface area contributed by atoms with E-state index in [0.29, 0.717) is 11.6 Å². The predicted octanol–water partition coefficient (Wildman–Crippen LogP) is 3.46. The number of anilines is 4. The molecule has 2 heterocycles. The SMILES string of the molecule is CN1C(=O)[C@H](NC(=O)Nc2cccc(N(C)c3nn[nH]n3)c2)N=C(C2CCCCC2)c2ccccc21. The summed E-state index contributed by atoms with van der Waals surface area (Å²) in [7, 11) is 3.52. The van der Waals surface area contributed by atoms with Gasteiger partial charge in [0.2, 0.25) is 6.17 Å². The molecule has 2 aromatic carbocycles. The Morgan fingerprint density at radius 2 is 1.92 bits per heavy atom. The molecule has 3 N–H and O–H groups in total. The van der Waals surface area contributed by atoms with Crippen molar-refractivity contribution in [3.63, 3.8) is 0 Å². The number of para-hydroxylation sites is 1. The molecular formula is C25H29N9O2. The Labute approximate surface area is 209 Å². The maximum absolute atomic E-state index is 13.3. The quantitative estimate of drug-likeness (QED) is 0.505. The van der Waals surface area contributed by atoms with Crippen LogP contribution in [0, 0.1) is 5.92 Å². The number of urea groups is 1. The van der Waals surface area contributed by atoms with E-state index in [9.17, 15) is 9.59 Å². The van der Waals surface area contributed by atoms with E-state index in [1.807, 2.05) is 36.4 Å². The van der Waals surface area contributed by atoms with Crippen molar-refractivity contribution >= 4 is 40.7 Å². The number of benzene rings is 2. The second-order valence-corrected chi connectivity index (χ2v) is 9.09. The van der Waals surface area contributed by atoms with Gasteiger partial charge in [0.15, 0.2) is 0 Å². The lowest BCUT2D eigenvalue weighted by Gasteiger charge is -2.25. The van der Waals surface area contributed by atoms with Gasteiger partial charge in [-0.2, -0.15) is 5.21 Å². The lowest BCUT2D eigenvalue weighted by Crippen LogP contribution is -2.47. The molecule has 1 saturated carbocycles. The Hall–Kier alpha value is -4.28. The molecule has 0 unspecified atom stereocenters. The Morgan fingerprint density at radius 1 is 1.11 bits per heavy atom. The number of aromatic amines is 1. The van der Waals surface area contributed by atoms with Crippen molar-refractivity contribution in [2.45, 2.75) is 38.3 Å². The summed E-state index contributed by atoms with van der Waals surface area (Å²) in [5, 5.41) is 19.5. The van der Waals surface area contributed by atoms with Crippen LogP contribution < -0.4 is 20.4 Å². The molecule has 1 aliphatic heterocycles. The van der Waals surface area contributed by atoms with Crippen molar-refractivity contribution < 1.29 is 9.59 Å². The summed E-state index contributed by atoms with van der Waals surface area (Å²) in [5.74, 6) is 0.380. The minimum absolute atomic E-state index is 0.268. The molecule has 11 heteroatoms. The van der Waals surface area contributed by atoms with Gasteiger partial charge in [-0.3, -0.25) is 9.79 Å². The van der Waals surface area contributed by atoms with Gasteiger partial charge in [0.1, 0.15) is 0 Å². The Balaban J connectivity index is 1.37. The predicted molar refractivity (Wildman–Crippen MR) is 138 cm³/mol. The average Bonchev–Trinajstić information content (AvgIpc) is 3.42. The van der Waals surface area contributed by atoms with E-state index >= 15 is 0 Å². The number of H-pyrrole nitrogens is 1. The van der Waals surface area contributed by atoms with Crippen molar-refractivity contribution in [1.82, 2.24) is 25.9 Å². The number of rotatable bonds is 5. The number of tetrazole rings is 1. The fraction of sp³-hybridized carbons (Fsp3) is 0.360. The number of benzodiazepines with no additional fused rings is 1. The minimum atomic E-state index is -1.02. The number of fused-ring (bicyclic) bond motifs is 1. The monoisotopic (exact) mass is 487 g/mol. The molecule has 5 rings (SSSR count). The van der Waals surface area contributed by atoms with E-state index in [1.54, 1.807) is 36.0 Å². The van der Waals surface area contributed by atoms with Gasteiger partial charge in [0, 0.05) is 37.0 Å². The molecule has 0 bridgehead atoms. The molecule has 3 aromatic rings. The molecule has 1 fully saturated rings. The van der Waals surface area contributed by atoms with Crippen LogP contribution in [-0.2, 0) is 4.79 Å². The topological polar surface area (TPSA) is 132 Å². The third kappa shape index (κ3) is 4.77. The molecule has 1 aromatic heterocycles. The van der Waals surface area contributed by atoms with E-state index in [0.717, 1.165) is 48.3 Å². The zero-order valence-electron chi connectivity index (χ0n) is 20.3. The van der Waals surface area contributed by atoms with E-state index in [-0.39, 0.29) is 11.8 Å². The summed E-state index contributed by atoms with van der Waals surface area (Å²) in [5.41, 5.74) is 3.98. The number of aliphatic imine (C=N–C) groups is 1. The molecule has 0 radical (unpaired) electrons. The largest absolute Gasteiger partial charge is 0.321 e. The van der Waals surface area contributed by atoms with E-state index in [4.69, 9.17) is 4.99 Å². The fourth-order valence-electron chi connectivity index (χ4n) is 4.84. The van der Waals surface area contributed by atoms with Gasteiger partial charge in [-0.15, -0.1) is 5.10 Å². The van der Waals surface area contributed by atoms with Crippen molar-refractivity contribution in [3.8, 4) is 0 Å². The lowest BCUT2D eigenvalue weighted by molar-refractivity contribution is -0.119. The van der Waals surface area contributed by atoms with E-state index in [1.165, 1.54) is 6.42 Å². The smallest absolute Gasteiger partial charge is 0.311 e. The molecule has 3 amide bonds. The molecule has 1 atom stereocenters. The van der Waals surface area contributed by atoms with Crippen LogP contribution >= 0.6 is 0 Å². The average molecular weight is 488 g/mol. The highest BCUT2D eigenvalue weighted by atomic mass is 16.2. The summed E-state index contributed by atoms with van der Waals surface area (Å²) >= 11 is 0. The molecule has 11 nitrogen and oxygen atoms in total. The van der Waals surface area contributed by atoms with Crippen molar-refractivity contribution in [3.05, 3.63) is 54.1 Å². The number of aromatic nitrogens is 4. The number of amides is 3. The van der Waals surface area contributed by atoms with Crippen LogP contribution in [0.25, 0.3) is 0 Å². The van der Waals surface area contributed by atoms with Crippen LogP contribution in [0.1, 0.15) is 37.7 Å². The molecule has 36 heavy (non-hydrogen) atoms. The maximum atomic E-state index is 13.3. The number of carbonyl (C=O) groups is 2. The normalized spacial score (nSPS) is 18.2. The number of carbonyl (C=O) groups excluding carboxylic acids is 2. The zero-order valence-corrected chi connectivity index (χ0v) is 20.3. The summed E-state index contributed by atoms with van der Waals surface area (Å²) in [6.07, 6.45) is 4.54. The number of hydrogen-bond donors (Lipinski definition) is 3. The van der Waals surface area contributed by atoms with E-state index < -0.39 is 12.2 Å². The molecular weight excluding hydrogens is 458 g/mol. The third-order valence-electron chi connectivity index (χ3n) is 6.76. The second kappa shape index (κ2) is 10.1. The summed E-state index contributed by atoms with van der Waals surface area (Å²) in [6.45, 7) is 0. The maximum Gasteiger partial charge on any atom is 0.321 e. The van der Waals surface area contributed by atoms with Gasteiger partial charge in [0.25, 0.3) is 11.9 Å². The number of nitrogens with one attached hydrogen (secondary N) is 3. The second-order valence-electron chi connectivity index (χ2n) is 9.09. The van der Waals surface area contributed by atoms with Gasteiger partial charge in [-0.05, 0) is 42.3 Å². The summed E-state index contributed by atoms with van der Waals surface area (Å²) in [6, 6.07) is 14.5. The fourth-order valence-corrected chi connectivity index (χ4v) is 4.84. The first-order valence-electron chi connectivity index (χ1n) is 12.1. The molecule has 2 aliphatic rings. The van der Waals surface area contributed by atoms with Gasteiger partial charge >= 0.3 is 6.03 Å². The van der Waals surface area contributed by atoms with Crippen LogP contribution in [0.4, 0.5) is 27.8 Å². The number of nitrogens with zero attached hydrogens (tertiary/aromatic N) is 6. The van der Waals surface area contributed by atoms with Crippen molar-refractivity contribution in [2.24, 2.45) is 10.9 Å². The lowest BCUT2D eigenvalue weighted by atomic mass is 9.83. The molecule has 1 aliphatic carbocycles. The van der Waals surface area contributed by atoms with Crippen LogP contribution in [0.15, 0.2) is 53.5 Å². The summed E-state index contributed by atoms with van der Waals surface area (Å²) in [4.78, 5) is 34.5. The Morgan fingerprint density at radius 3 is 2.69 bits per heavy atom. The van der Waals surface area contributed by atoms with Gasteiger partial charge < -0.3 is 20.4 Å². The highest BCUT2D eigenvalue weighted by molar-refractivity contribution is 6.14. The standard InChI is InChI=1S/C25H29N9O2/c1-33(24-29-31-32-30-24)18-12-8-11-17(15-18)26-25(36)28-22-23(35)34(2)20-14-7-6-13-19(20)21(27-22)16-9-4-3-5-10-16/h6-8,11-16,22H,3-5,9-10H2,1-2H3,(H2,26,28,36)(H,29,30,31,32)/t22-/m0/s1. The number of likely N-dealkylation sites (N-methyl/N-ethyl adjacent to an activating group) is 1. The third-order valence-corrected chi connectivity index (χ3v) is 6.76. The van der Waals surface area contributed by atoms with Gasteiger partial charge in [0.05, 0.1) is 11.4 Å².